The molecule has 1 saturated heterocycles. The summed E-state index contributed by atoms with van der Waals surface area (Å²) in [5.41, 5.74) is 6.43. The molecule has 0 saturated carbocycles. The van der Waals surface area contributed by atoms with Crippen LogP contribution in [0, 0.1) is 0 Å². The maximum atomic E-state index is 6.44. The van der Waals surface area contributed by atoms with Crippen LogP contribution in [0.25, 0.3) is 22.3 Å². The minimum Gasteiger partial charge on any atom is -0.474 e. The van der Waals surface area contributed by atoms with Crippen LogP contribution in [-0.4, -0.2) is 38.7 Å². The zero-order valence-corrected chi connectivity index (χ0v) is 18.9. The summed E-state index contributed by atoms with van der Waals surface area (Å²) in [4.78, 5) is 16.3. The van der Waals surface area contributed by atoms with Crippen molar-refractivity contribution in [1.82, 2.24) is 19.5 Å². The summed E-state index contributed by atoms with van der Waals surface area (Å²) in [5, 5.41) is 0. The maximum Gasteiger partial charge on any atom is 0.216 e. The number of imidazole rings is 1. The highest BCUT2D eigenvalue weighted by atomic mass is 16.5. The molecule has 1 aliphatic rings. The van der Waals surface area contributed by atoms with E-state index < -0.39 is 0 Å². The summed E-state index contributed by atoms with van der Waals surface area (Å²) in [7, 11) is 2.02. The Balaban J connectivity index is 1.43. The number of nitrogens with zero attached hydrogens (tertiary/aromatic N) is 5. The lowest BCUT2D eigenvalue weighted by atomic mass is 9.94. The van der Waals surface area contributed by atoms with E-state index in [2.05, 4.69) is 59.0 Å². The molecular weight excluding hydrogens is 398 g/mol. The molecule has 1 aliphatic heterocycles. The van der Waals surface area contributed by atoms with E-state index in [-0.39, 0.29) is 6.10 Å². The number of hydrogen-bond donors (Lipinski definition) is 0. The molecule has 0 amide bonds. The van der Waals surface area contributed by atoms with Crippen LogP contribution in [0.5, 0.6) is 5.88 Å². The largest absolute Gasteiger partial charge is 0.474 e. The van der Waals surface area contributed by atoms with Crippen LogP contribution >= 0.6 is 0 Å². The van der Waals surface area contributed by atoms with Crippen molar-refractivity contribution in [2.24, 2.45) is 7.05 Å². The van der Waals surface area contributed by atoms with Gasteiger partial charge in [0.1, 0.15) is 17.3 Å². The molecule has 32 heavy (non-hydrogen) atoms. The number of pyridine rings is 2. The van der Waals surface area contributed by atoms with Gasteiger partial charge in [-0.25, -0.2) is 9.97 Å². The van der Waals surface area contributed by atoms with Gasteiger partial charge in [-0.1, -0.05) is 38.1 Å². The Morgan fingerprint density at radius 3 is 2.62 bits per heavy atom. The van der Waals surface area contributed by atoms with Gasteiger partial charge in [-0.2, -0.15) is 0 Å². The third-order valence-electron chi connectivity index (χ3n) is 6.27. The van der Waals surface area contributed by atoms with Crippen LogP contribution in [0.15, 0.2) is 61.2 Å². The Morgan fingerprint density at radius 1 is 1.06 bits per heavy atom. The fraction of sp³-hybridized carbons (Fsp3) is 0.346. The quantitative estimate of drug-likeness (QED) is 0.438. The molecule has 3 aromatic heterocycles. The van der Waals surface area contributed by atoms with E-state index in [1.54, 1.807) is 0 Å². The Kier molecular flexibility index (Phi) is 5.52. The minimum atomic E-state index is 0.147. The van der Waals surface area contributed by atoms with Crippen molar-refractivity contribution in [2.75, 3.05) is 18.0 Å². The Hall–Kier alpha value is -3.41. The number of ether oxygens (including phenoxy) is 1. The molecule has 0 bridgehead atoms. The number of anilines is 1. The molecule has 0 N–H and O–H groups in total. The molecule has 0 aliphatic carbocycles. The fourth-order valence-corrected chi connectivity index (χ4v) is 4.51. The normalized spacial score (nSPS) is 14.9. The van der Waals surface area contributed by atoms with Crippen molar-refractivity contribution in [1.29, 1.82) is 0 Å². The first kappa shape index (κ1) is 20.5. The van der Waals surface area contributed by atoms with E-state index in [0.717, 1.165) is 48.2 Å². The first-order chi connectivity index (χ1) is 15.6. The average Bonchev–Trinajstić information content (AvgIpc) is 3.20. The van der Waals surface area contributed by atoms with Crippen LogP contribution in [0.3, 0.4) is 0 Å². The zero-order valence-electron chi connectivity index (χ0n) is 18.9. The monoisotopic (exact) mass is 427 g/mol. The zero-order chi connectivity index (χ0) is 22.1. The fourth-order valence-electron chi connectivity index (χ4n) is 4.51. The Morgan fingerprint density at radius 2 is 1.88 bits per heavy atom. The van der Waals surface area contributed by atoms with Crippen LogP contribution in [0.2, 0.25) is 0 Å². The molecule has 0 unspecified atom stereocenters. The van der Waals surface area contributed by atoms with Crippen molar-refractivity contribution in [3.8, 4) is 17.1 Å². The second kappa shape index (κ2) is 8.61. The maximum absolute atomic E-state index is 6.44. The SMILES string of the molecule is CC(C)c1ccccc1-c1nc(OC2CCN(c3cccnc3)CC2)cc2c1ncn2C. The molecule has 4 heterocycles. The van der Waals surface area contributed by atoms with Gasteiger partial charge in [0.2, 0.25) is 5.88 Å². The highest BCUT2D eigenvalue weighted by molar-refractivity contribution is 5.91. The summed E-state index contributed by atoms with van der Waals surface area (Å²) in [5.74, 6) is 1.07. The molecule has 0 atom stereocenters. The number of fused-ring (bicyclic) bond motifs is 1. The van der Waals surface area contributed by atoms with Gasteiger partial charge in [0, 0.05) is 50.8 Å². The molecule has 1 aromatic carbocycles. The van der Waals surface area contributed by atoms with Gasteiger partial charge in [-0.15, -0.1) is 0 Å². The summed E-state index contributed by atoms with van der Waals surface area (Å²) in [6, 6.07) is 14.6. The van der Waals surface area contributed by atoms with Crippen LogP contribution < -0.4 is 9.64 Å². The van der Waals surface area contributed by atoms with Crippen molar-refractivity contribution in [2.45, 2.75) is 38.7 Å². The Bertz CT molecular complexity index is 1210. The molecule has 5 rings (SSSR count). The topological polar surface area (TPSA) is 56.1 Å². The van der Waals surface area contributed by atoms with Gasteiger partial charge in [-0.05, 0) is 23.6 Å². The first-order valence-electron chi connectivity index (χ1n) is 11.3. The summed E-state index contributed by atoms with van der Waals surface area (Å²) in [6.45, 7) is 6.33. The molecular formula is C26H29N5O. The number of piperidine rings is 1. The summed E-state index contributed by atoms with van der Waals surface area (Å²) >= 11 is 0. The van der Waals surface area contributed by atoms with Gasteiger partial charge in [-0.3, -0.25) is 4.98 Å². The summed E-state index contributed by atoms with van der Waals surface area (Å²) < 4.78 is 8.48. The van der Waals surface area contributed by atoms with E-state index in [9.17, 15) is 0 Å². The van der Waals surface area contributed by atoms with E-state index in [0.29, 0.717) is 11.8 Å². The third-order valence-corrected chi connectivity index (χ3v) is 6.27. The number of hydrogen-bond acceptors (Lipinski definition) is 5. The molecule has 4 aromatic rings. The highest BCUT2D eigenvalue weighted by Gasteiger charge is 2.23. The van der Waals surface area contributed by atoms with Gasteiger partial charge >= 0.3 is 0 Å². The van der Waals surface area contributed by atoms with Crippen molar-refractivity contribution in [3.63, 3.8) is 0 Å². The lowest BCUT2D eigenvalue weighted by molar-refractivity contribution is 0.164. The average molecular weight is 428 g/mol. The van der Waals surface area contributed by atoms with Gasteiger partial charge in [0.05, 0.1) is 23.7 Å². The molecule has 164 valence electrons. The molecule has 1 fully saturated rings. The van der Waals surface area contributed by atoms with Crippen molar-refractivity contribution in [3.05, 3.63) is 66.7 Å². The van der Waals surface area contributed by atoms with Gasteiger partial charge < -0.3 is 14.2 Å². The number of aromatic nitrogens is 4. The molecule has 6 heteroatoms. The first-order valence-corrected chi connectivity index (χ1v) is 11.3. The number of rotatable bonds is 5. The Labute approximate surface area is 188 Å². The smallest absolute Gasteiger partial charge is 0.216 e. The molecule has 0 radical (unpaired) electrons. The van der Waals surface area contributed by atoms with Gasteiger partial charge in [0.25, 0.3) is 0 Å². The van der Waals surface area contributed by atoms with Crippen LogP contribution in [0.1, 0.15) is 38.2 Å². The number of aryl methyl sites for hydroxylation is 1. The van der Waals surface area contributed by atoms with Gasteiger partial charge in [0.15, 0.2) is 0 Å². The second-order valence-electron chi connectivity index (χ2n) is 8.79. The van der Waals surface area contributed by atoms with Crippen LogP contribution in [0.4, 0.5) is 5.69 Å². The van der Waals surface area contributed by atoms with E-state index in [1.807, 2.05) is 42.5 Å². The summed E-state index contributed by atoms with van der Waals surface area (Å²) in [6.07, 6.45) is 7.65. The third kappa shape index (κ3) is 3.93. The molecule has 0 spiro atoms. The number of benzene rings is 1. The van der Waals surface area contributed by atoms with E-state index in [1.165, 1.54) is 11.3 Å². The second-order valence-corrected chi connectivity index (χ2v) is 8.79. The van der Waals surface area contributed by atoms with Crippen molar-refractivity contribution >= 4 is 16.7 Å². The lowest BCUT2D eigenvalue weighted by Crippen LogP contribution is -2.38. The molecule has 6 nitrogen and oxygen atoms in total. The minimum absolute atomic E-state index is 0.147. The highest BCUT2D eigenvalue weighted by Crippen LogP contribution is 2.34. The van der Waals surface area contributed by atoms with E-state index in [4.69, 9.17) is 9.72 Å². The lowest BCUT2D eigenvalue weighted by Gasteiger charge is -2.33. The van der Waals surface area contributed by atoms with Crippen LogP contribution in [-0.2, 0) is 7.05 Å². The van der Waals surface area contributed by atoms with E-state index >= 15 is 0 Å². The predicted molar refractivity (Wildman–Crippen MR) is 128 cm³/mol. The predicted octanol–water partition coefficient (Wildman–Crippen LogP) is 5.20. The van der Waals surface area contributed by atoms with Crippen molar-refractivity contribution < 1.29 is 4.74 Å². The standard InChI is InChI=1S/C26H29N5O/c1-18(2)21-8-4-5-9-22(21)25-26-23(30(3)17-28-26)15-24(29-25)32-20-10-13-31(14-11-20)19-7-6-12-27-16-19/h4-9,12,15-18,20H,10-11,13-14H2,1-3H3.